The van der Waals surface area contributed by atoms with Crippen LogP contribution in [-0.2, 0) is 42.9 Å². The number of hydrogen-bond acceptors (Lipinski definition) is 11. The standard InChI is InChI=1S/C63H110O12/c1-4-7-10-13-16-19-22-24-26-27-28-29-31-32-35-37-40-43-46-49-55(64)71-52-54(73-56(65)50-47-44-41-39-36-33-30-25-23-20-17-14-11-8-5-2)53-72-63-61(59(68)58(67)60(75-63)62(69)70)74-57(66)51-48-45-42-38-34-21-18-15-12-9-6-3/h8,11,17,20,25,30,36,39,54,58-61,63,67-68H,4-7,9-10,12-16,18-19,21-24,26-29,31-35,37-38,40-53H2,1-3H3,(H,69,70)/b11-8-,20-17-,30-25-,39-36-. The number of aliphatic hydroxyl groups excluding tert-OH is 2. The van der Waals surface area contributed by atoms with Gasteiger partial charge in [-0.05, 0) is 57.8 Å². The number of carboxylic acids is 1. The second-order valence-corrected chi connectivity index (χ2v) is 21.0. The Balaban J connectivity index is 2.67. The van der Waals surface area contributed by atoms with E-state index in [0.717, 1.165) is 83.5 Å². The van der Waals surface area contributed by atoms with Gasteiger partial charge in [-0.2, -0.15) is 0 Å². The van der Waals surface area contributed by atoms with Crippen molar-refractivity contribution in [3.63, 3.8) is 0 Å². The molecule has 0 saturated carbocycles. The van der Waals surface area contributed by atoms with Gasteiger partial charge in [-0.3, -0.25) is 14.4 Å². The van der Waals surface area contributed by atoms with Crippen LogP contribution in [0.25, 0.3) is 0 Å². The molecule has 0 aromatic carbocycles. The average Bonchev–Trinajstić information content (AvgIpc) is 3.39. The molecular weight excluding hydrogens is 949 g/mol. The lowest BCUT2D eigenvalue weighted by atomic mass is 9.98. The average molecular weight is 1060 g/mol. The van der Waals surface area contributed by atoms with Gasteiger partial charge in [0.25, 0.3) is 0 Å². The van der Waals surface area contributed by atoms with Crippen LogP contribution in [0.3, 0.4) is 0 Å². The van der Waals surface area contributed by atoms with Crippen LogP contribution in [-0.4, -0.2) is 89.2 Å². The van der Waals surface area contributed by atoms with Crippen molar-refractivity contribution in [3.8, 4) is 0 Å². The SMILES string of the molecule is CC/C=C\C/C=C\C/C=C\C/C=C\CCCCC(=O)OC(COC(=O)CCCCCCCCCCCCCCCCCCCCC)COC1OC(C(=O)O)C(O)C(O)C1OC(=O)CCCCCCCCCCCCC. The van der Waals surface area contributed by atoms with E-state index in [4.69, 9.17) is 23.7 Å². The van der Waals surface area contributed by atoms with E-state index in [1.54, 1.807) is 0 Å². The molecule has 0 aromatic heterocycles. The lowest BCUT2D eigenvalue weighted by Crippen LogP contribution is -2.61. The number of rotatable bonds is 52. The Labute approximate surface area is 456 Å². The fourth-order valence-corrected chi connectivity index (χ4v) is 9.24. The highest BCUT2D eigenvalue weighted by Gasteiger charge is 2.50. The zero-order valence-corrected chi connectivity index (χ0v) is 47.8. The summed E-state index contributed by atoms with van der Waals surface area (Å²) in [7, 11) is 0. The number of hydrogen-bond donors (Lipinski definition) is 3. The summed E-state index contributed by atoms with van der Waals surface area (Å²) in [6.07, 6.45) is 49.5. The zero-order chi connectivity index (χ0) is 54.7. The van der Waals surface area contributed by atoms with Crippen molar-refractivity contribution >= 4 is 23.9 Å². The lowest BCUT2D eigenvalue weighted by molar-refractivity contribution is -0.301. The van der Waals surface area contributed by atoms with Crippen LogP contribution < -0.4 is 0 Å². The first-order valence-electron chi connectivity index (χ1n) is 30.6. The van der Waals surface area contributed by atoms with Crippen molar-refractivity contribution in [2.75, 3.05) is 13.2 Å². The molecule has 0 aromatic rings. The van der Waals surface area contributed by atoms with E-state index in [-0.39, 0.29) is 25.9 Å². The van der Waals surface area contributed by atoms with Crippen molar-refractivity contribution in [3.05, 3.63) is 48.6 Å². The van der Waals surface area contributed by atoms with E-state index in [1.165, 1.54) is 135 Å². The van der Waals surface area contributed by atoms with Crippen LogP contribution >= 0.6 is 0 Å². The Hall–Kier alpha value is -3.32. The summed E-state index contributed by atoms with van der Waals surface area (Å²) in [5, 5.41) is 31.4. The number of aliphatic hydroxyl groups is 2. The zero-order valence-electron chi connectivity index (χ0n) is 47.8. The highest BCUT2D eigenvalue weighted by Crippen LogP contribution is 2.27. The monoisotopic (exact) mass is 1060 g/mol. The number of aliphatic carboxylic acids is 1. The Kier molecular flexibility index (Phi) is 47.8. The number of carbonyl (C=O) groups excluding carboxylic acids is 3. The summed E-state index contributed by atoms with van der Waals surface area (Å²) >= 11 is 0. The van der Waals surface area contributed by atoms with Crippen molar-refractivity contribution in [2.24, 2.45) is 0 Å². The Morgan fingerprint density at radius 1 is 0.453 bits per heavy atom. The molecule has 1 heterocycles. The number of allylic oxidation sites excluding steroid dienone is 8. The molecule has 0 amide bonds. The Morgan fingerprint density at radius 3 is 1.28 bits per heavy atom. The van der Waals surface area contributed by atoms with Gasteiger partial charge in [-0.25, -0.2) is 4.79 Å². The van der Waals surface area contributed by atoms with Crippen LogP contribution in [0.4, 0.5) is 0 Å². The molecule has 12 heteroatoms. The van der Waals surface area contributed by atoms with Gasteiger partial charge in [0.05, 0.1) is 6.61 Å². The maximum absolute atomic E-state index is 13.1. The minimum absolute atomic E-state index is 0.0589. The molecule has 0 bridgehead atoms. The second-order valence-electron chi connectivity index (χ2n) is 21.0. The molecule has 6 unspecified atom stereocenters. The van der Waals surface area contributed by atoms with Crippen LogP contribution in [0.5, 0.6) is 0 Å². The molecule has 1 fully saturated rings. The summed E-state index contributed by atoms with van der Waals surface area (Å²) in [4.78, 5) is 51.1. The molecule has 75 heavy (non-hydrogen) atoms. The van der Waals surface area contributed by atoms with Gasteiger partial charge in [-0.15, -0.1) is 0 Å². The molecule has 1 rings (SSSR count). The molecule has 0 radical (unpaired) electrons. The van der Waals surface area contributed by atoms with Crippen molar-refractivity contribution < 1.29 is 58.2 Å². The molecule has 6 atom stereocenters. The van der Waals surface area contributed by atoms with Gasteiger partial charge >= 0.3 is 23.9 Å². The van der Waals surface area contributed by atoms with Crippen LogP contribution in [0.1, 0.15) is 278 Å². The van der Waals surface area contributed by atoms with Gasteiger partial charge in [0.15, 0.2) is 24.6 Å². The first-order chi connectivity index (χ1) is 36.6. The molecule has 1 saturated heterocycles. The normalized spacial score (nSPS) is 18.4. The molecule has 1 aliphatic rings. The third-order valence-corrected chi connectivity index (χ3v) is 13.9. The van der Waals surface area contributed by atoms with E-state index in [9.17, 15) is 34.5 Å². The second kappa shape index (κ2) is 51.4. The molecule has 0 spiro atoms. The van der Waals surface area contributed by atoms with E-state index in [1.807, 2.05) is 0 Å². The minimum atomic E-state index is -1.91. The van der Waals surface area contributed by atoms with Gasteiger partial charge in [-0.1, -0.05) is 249 Å². The van der Waals surface area contributed by atoms with E-state index in [0.29, 0.717) is 19.3 Å². The maximum atomic E-state index is 13.1. The van der Waals surface area contributed by atoms with Gasteiger partial charge in [0.2, 0.25) is 0 Å². The number of carbonyl (C=O) groups is 4. The van der Waals surface area contributed by atoms with Crippen LogP contribution in [0, 0.1) is 0 Å². The molecule has 434 valence electrons. The topological polar surface area (TPSA) is 175 Å². The summed E-state index contributed by atoms with van der Waals surface area (Å²) in [5.41, 5.74) is 0. The molecule has 3 N–H and O–H groups in total. The molecule has 0 aliphatic carbocycles. The van der Waals surface area contributed by atoms with Crippen LogP contribution in [0.15, 0.2) is 48.6 Å². The number of ether oxygens (including phenoxy) is 5. The Bertz CT molecular complexity index is 1490. The fraction of sp³-hybridized carbons (Fsp3) is 0.810. The minimum Gasteiger partial charge on any atom is -0.479 e. The molecule has 1 aliphatic heterocycles. The number of esters is 3. The highest BCUT2D eigenvalue weighted by molar-refractivity contribution is 5.74. The van der Waals surface area contributed by atoms with Gasteiger partial charge in [0, 0.05) is 19.3 Å². The first-order valence-corrected chi connectivity index (χ1v) is 30.6. The fourth-order valence-electron chi connectivity index (χ4n) is 9.24. The van der Waals surface area contributed by atoms with Gasteiger partial charge in [0.1, 0.15) is 18.8 Å². The smallest absolute Gasteiger partial charge is 0.335 e. The first kappa shape index (κ1) is 69.7. The van der Waals surface area contributed by atoms with E-state index < -0.39 is 67.3 Å². The third kappa shape index (κ3) is 41.5. The summed E-state index contributed by atoms with van der Waals surface area (Å²) in [5.74, 6) is -3.15. The van der Waals surface area contributed by atoms with Crippen molar-refractivity contribution in [2.45, 2.75) is 314 Å². The predicted molar refractivity (Wildman–Crippen MR) is 303 cm³/mol. The highest BCUT2D eigenvalue weighted by atomic mass is 16.7. The maximum Gasteiger partial charge on any atom is 0.335 e. The molecule has 12 nitrogen and oxygen atoms in total. The quantitative estimate of drug-likeness (QED) is 0.0228. The molecular formula is C63H110O12. The van der Waals surface area contributed by atoms with E-state index in [2.05, 4.69) is 69.4 Å². The van der Waals surface area contributed by atoms with E-state index >= 15 is 0 Å². The summed E-state index contributed by atoms with van der Waals surface area (Å²) in [6.45, 7) is 5.86. The number of unbranched alkanes of at least 4 members (excludes halogenated alkanes) is 30. The summed E-state index contributed by atoms with van der Waals surface area (Å²) < 4.78 is 28.4. The predicted octanol–water partition coefficient (Wildman–Crippen LogP) is 15.8. The van der Waals surface area contributed by atoms with Gasteiger partial charge < -0.3 is 39.0 Å². The van der Waals surface area contributed by atoms with Crippen LogP contribution in [0.2, 0.25) is 0 Å². The number of carboxylic acid groups (broad SMARTS) is 1. The summed E-state index contributed by atoms with van der Waals surface area (Å²) in [6, 6.07) is 0. The van der Waals surface area contributed by atoms with Crippen molar-refractivity contribution in [1.82, 2.24) is 0 Å². The van der Waals surface area contributed by atoms with Crippen molar-refractivity contribution in [1.29, 1.82) is 0 Å². The Morgan fingerprint density at radius 2 is 0.840 bits per heavy atom. The third-order valence-electron chi connectivity index (χ3n) is 13.9. The largest absolute Gasteiger partial charge is 0.479 e. The lowest BCUT2D eigenvalue weighted by Gasteiger charge is -2.40.